The first-order valence-corrected chi connectivity index (χ1v) is 6.73. The number of nitrogens with zero attached hydrogens (tertiary/aromatic N) is 1. The highest BCUT2D eigenvalue weighted by atomic mass is 32.2. The van der Waals surface area contributed by atoms with E-state index in [1.807, 2.05) is 17.5 Å². The number of rotatable bonds is 7. The zero-order valence-corrected chi connectivity index (χ0v) is 10.9. The van der Waals surface area contributed by atoms with Crippen LogP contribution >= 0.6 is 23.1 Å². The summed E-state index contributed by atoms with van der Waals surface area (Å²) in [4.78, 5) is 33.6. The molecule has 0 atom stereocenters. The lowest BCUT2D eigenvalue weighted by atomic mass is 10.4. The number of aliphatic carboxylic acids is 2. The lowest BCUT2D eigenvalue weighted by Gasteiger charge is -2.17. The Morgan fingerprint density at radius 2 is 1.83 bits per heavy atom. The topological polar surface area (TPSA) is 94.9 Å². The molecule has 2 N–H and O–H groups in total. The van der Waals surface area contributed by atoms with Gasteiger partial charge >= 0.3 is 11.9 Å². The Hall–Kier alpha value is -1.54. The van der Waals surface area contributed by atoms with Gasteiger partial charge in [-0.1, -0.05) is 6.07 Å². The molecule has 1 amide bonds. The SMILES string of the molecule is O=C(O)CN(CC(=O)O)C(=O)CSc1cccs1. The van der Waals surface area contributed by atoms with Gasteiger partial charge in [-0.3, -0.25) is 14.4 Å². The molecule has 0 saturated heterocycles. The van der Waals surface area contributed by atoms with Gasteiger partial charge in [0, 0.05) is 0 Å². The third kappa shape index (κ3) is 5.19. The molecular formula is C10H11NO5S2. The third-order valence-electron chi connectivity index (χ3n) is 1.84. The summed E-state index contributed by atoms with van der Waals surface area (Å²) in [5.74, 6) is -2.93. The van der Waals surface area contributed by atoms with Crippen LogP contribution in [0.1, 0.15) is 0 Å². The van der Waals surface area contributed by atoms with Gasteiger partial charge in [0.15, 0.2) is 0 Å². The highest BCUT2D eigenvalue weighted by molar-refractivity contribution is 8.01. The van der Waals surface area contributed by atoms with Crippen molar-refractivity contribution in [1.29, 1.82) is 0 Å². The summed E-state index contributed by atoms with van der Waals surface area (Å²) in [5.41, 5.74) is 0. The molecule has 8 heteroatoms. The smallest absolute Gasteiger partial charge is 0.323 e. The monoisotopic (exact) mass is 289 g/mol. The summed E-state index contributed by atoms with van der Waals surface area (Å²) >= 11 is 2.72. The minimum Gasteiger partial charge on any atom is -0.480 e. The largest absolute Gasteiger partial charge is 0.480 e. The van der Waals surface area contributed by atoms with Gasteiger partial charge in [-0.05, 0) is 11.4 Å². The molecular weight excluding hydrogens is 278 g/mol. The van der Waals surface area contributed by atoms with Gasteiger partial charge in [0.2, 0.25) is 5.91 Å². The average molecular weight is 289 g/mol. The maximum absolute atomic E-state index is 11.7. The first-order valence-electron chi connectivity index (χ1n) is 4.86. The molecule has 0 radical (unpaired) electrons. The Kier molecular flexibility index (Phi) is 5.66. The minimum atomic E-state index is -1.23. The summed E-state index contributed by atoms with van der Waals surface area (Å²) < 4.78 is 0.925. The molecule has 0 spiro atoms. The minimum absolute atomic E-state index is 0.0288. The fourth-order valence-electron chi connectivity index (χ4n) is 1.13. The second-order valence-electron chi connectivity index (χ2n) is 3.26. The van der Waals surface area contributed by atoms with Crippen LogP contribution in [-0.2, 0) is 14.4 Å². The first kappa shape index (κ1) is 14.5. The molecule has 0 aliphatic rings. The highest BCUT2D eigenvalue weighted by Gasteiger charge is 2.19. The second-order valence-corrected chi connectivity index (χ2v) is 5.48. The lowest BCUT2D eigenvalue weighted by Crippen LogP contribution is -2.40. The van der Waals surface area contributed by atoms with E-state index in [-0.39, 0.29) is 5.75 Å². The van der Waals surface area contributed by atoms with Gasteiger partial charge in [-0.15, -0.1) is 23.1 Å². The Labute approximate surface area is 111 Å². The number of hydrogen-bond acceptors (Lipinski definition) is 5. The molecule has 1 aromatic heterocycles. The number of carbonyl (C=O) groups excluding carboxylic acids is 1. The van der Waals surface area contributed by atoms with Gasteiger partial charge in [0.25, 0.3) is 0 Å². The molecule has 0 saturated carbocycles. The van der Waals surface area contributed by atoms with Crippen LogP contribution in [0.2, 0.25) is 0 Å². The number of thiophene rings is 1. The zero-order valence-electron chi connectivity index (χ0n) is 9.24. The first-order chi connectivity index (χ1) is 8.49. The summed E-state index contributed by atoms with van der Waals surface area (Å²) in [6.45, 7) is -1.20. The maximum Gasteiger partial charge on any atom is 0.323 e. The Morgan fingerprint density at radius 3 is 2.28 bits per heavy atom. The summed E-state index contributed by atoms with van der Waals surface area (Å²) in [7, 11) is 0. The molecule has 98 valence electrons. The van der Waals surface area contributed by atoms with Gasteiger partial charge in [0.05, 0.1) is 9.96 Å². The summed E-state index contributed by atoms with van der Waals surface area (Å²) in [6.07, 6.45) is 0. The molecule has 1 heterocycles. The number of carbonyl (C=O) groups is 3. The number of amides is 1. The van der Waals surface area contributed by atoms with Crippen LogP contribution in [0.4, 0.5) is 0 Å². The number of hydrogen-bond donors (Lipinski definition) is 2. The Morgan fingerprint density at radius 1 is 1.22 bits per heavy atom. The quantitative estimate of drug-likeness (QED) is 0.722. The van der Waals surface area contributed by atoms with E-state index in [0.29, 0.717) is 0 Å². The molecule has 0 unspecified atom stereocenters. The molecule has 6 nitrogen and oxygen atoms in total. The van der Waals surface area contributed by atoms with Gasteiger partial charge in [0.1, 0.15) is 13.1 Å². The van der Waals surface area contributed by atoms with Crippen LogP contribution < -0.4 is 0 Å². The molecule has 0 bridgehead atoms. The predicted octanol–water partition coefficient (Wildman–Crippen LogP) is 0.838. The van der Waals surface area contributed by atoms with Crippen LogP contribution in [0, 0.1) is 0 Å². The van der Waals surface area contributed by atoms with E-state index >= 15 is 0 Å². The van der Waals surface area contributed by atoms with E-state index in [9.17, 15) is 14.4 Å². The van der Waals surface area contributed by atoms with E-state index in [0.717, 1.165) is 9.11 Å². The van der Waals surface area contributed by atoms with Crippen LogP contribution in [-0.4, -0.2) is 51.8 Å². The van der Waals surface area contributed by atoms with E-state index in [1.165, 1.54) is 23.1 Å². The van der Waals surface area contributed by atoms with Crippen molar-refractivity contribution in [2.45, 2.75) is 4.21 Å². The van der Waals surface area contributed by atoms with Gasteiger partial charge < -0.3 is 15.1 Å². The molecule has 0 aliphatic carbocycles. The van der Waals surface area contributed by atoms with Crippen molar-refractivity contribution in [2.75, 3.05) is 18.8 Å². The summed E-state index contributed by atoms with van der Waals surface area (Å²) in [6, 6.07) is 3.67. The maximum atomic E-state index is 11.7. The predicted molar refractivity (Wildman–Crippen MR) is 66.9 cm³/mol. The summed E-state index contributed by atoms with van der Waals surface area (Å²) in [5, 5.41) is 19.1. The molecule has 18 heavy (non-hydrogen) atoms. The van der Waals surface area contributed by atoms with Crippen molar-refractivity contribution < 1.29 is 24.6 Å². The Bertz CT molecular complexity index is 415. The molecule has 0 aliphatic heterocycles. The van der Waals surface area contributed by atoms with E-state index in [2.05, 4.69) is 0 Å². The molecule has 0 fully saturated rings. The fourth-order valence-corrected chi connectivity index (χ4v) is 2.82. The van der Waals surface area contributed by atoms with E-state index in [4.69, 9.17) is 10.2 Å². The van der Waals surface area contributed by atoms with Crippen molar-refractivity contribution in [3.63, 3.8) is 0 Å². The van der Waals surface area contributed by atoms with Crippen LogP contribution in [0.15, 0.2) is 21.7 Å². The highest BCUT2D eigenvalue weighted by Crippen LogP contribution is 2.23. The Balaban J connectivity index is 2.52. The van der Waals surface area contributed by atoms with Crippen LogP contribution in [0.3, 0.4) is 0 Å². The van der Waals surface area contributed by atoms with Crippen molar-refractivity contribution in [1.82, 2.24) is 4.90 Å². The third-order valence-corrected chi connectivity index (χ3v) is 3.95. The number of thioether (sulfide) groups is 1. The zero-order chi connectivity index (χ0) is 13.5. The van der Waals surface area contributed by atoms with Gasteiger partial charge in [-0.25, -0.2) is 0 Å². The van der Waals surface area contributed by atoms with Crippen LogP contribution in [0.25, 0.3) is 0 Å². The number of carboxylic acid groups (broad SMARTS) is 2. The second kappa shape index (κ2) is 7.02. The molecule has 0 aromatic carbocycles. The van der Waals surface area contributed by atoms with Crippen molar-refractivity contribution in [2.24, 2.45) is 0 Å². The lowest BCUT2D eigenvalue weighted by molar-refractivity contribution is -0.148. The van der Waals surface area contributed by atoms with E-state index < -0.39 is 30.9 Å². The van der Waals surface area contributed by atoms with E-state index in [1.54, 1.807) is 0 Å². The molecule has 1 rings (SSSR count). The van der Waals surface area contributed by atoms with Gasteiger partial charge in [-0.2, -0.15) is 0 Å². The normalized spacial score (nSPS) is 10.0. The van der Waals surface area contributed by atoms with Crippen molar-refractivity contribution >= 4 is 40.9 Å². The van der Waals surface area contributed by atoms with Crippen LogP contribution in [0.5, 0.6) is 0 Å². The molecule has 1 aromatic rings. The standard InChI is InChI=1S/C10H11NO5S2/c12-7(6-18-10-2-1-3-17-10)11(4-8(13)14)5-9(15)16/h1-3H,4-6H2,(H,13,14)(H,15,16). The van der Waals surface area contributed by atoms with Crippen molar-refractivity contribution in [3.05, 3.63) is 17.5 Å². The van der Waals surface area contributed by atoms with Crippen molar-refractivity contribution in [3.8, 4) is 0 Å². The fraction of sp³-hybridized carbons (Fsp3) is 0.300. The average Bonchev–Trinajstić information content (AvgIpc) is 2.76. The number of carboxylic acids is 2.